The Morgan fingerprint density at radius 3 is 1.25 bits per heavy atom. The number of nitrogens with zero attached hydrogens (tertiary/aromatic N) is 2. The molecule has 1 aliphatic rings. The third-order valence-corrected chi connectivity index (χ3v) is 9.17. The highest BCUT2D eigenvalue weighted by atomic mass is 16.5. The van der Waals surface area contributed by atoms with Crippen molar-refractivity contribution in [3.05, 3.63) is 58.7 Å². The van der Waals surface area contributed by atoms with Crippen molar-refractivity contribution in [2.24, 2.45) is 0 Å². The first-order chi connectivity index (χ1) is 21.3. The van der Waals surface area contributed by atoms with Gasteiger partial charge in [0, 0.05) is 16.5 Å². The van der Waals surface area contributed by atoms with Gasteiger partial charge in [0.05, 0.1) is 11.1 Å². The molecule has 0 aromatic heterocycles. The second kappa shape index (κ2) is 18.2. The van der Waals surface area contributed by atoms with E-state index in [4.69, 9.17) is 4.74 Å². The third kappa shape index (κ3) is 9.55. The van der Waals surface area contributed by atoms with E-state index in [1.807, 2.05) is 0 Å². The summed E-state index contributed by atoms with van der Waals surface area (Å²) in [6, 6.07) is 10.3. The number of carboxylic acid groups (broad SMARTS) is 2. The Kier molecular flexibility index (Phi) is 14.7. The minimum atomic E-state index is -0.970. The molecule has 44 heavy (non-hydrogen) atoms. The average molecular weight is 609 g/mol. The number of aromatic carboxylic acids is 2. The average Bonchev–Trinajstić information content (AvgIpc) is 3.02. The van der Waals surface area contributed by atoms with Gasteiger partial charge in [-0.25, -0.2) is 9.59 Å². The van der Waals surface area contributed by atoms with Crippen molar-refractivity contribution in [3.8, 4) is 11.5 Å². The number of fused-ring (bicyclic) bond motifs is 2. The second-order valence-electron chi connectivity index (χ2n) is 12.5. The first-order valence-electron chi connectivity index (χ1n) is 17.2. The van der Waals surface area contributed by atoms with E-state index >= 15 is 0 Å². The maximum Gasteiger partial charge on any atom is 0.335 e. The van der Waals surface area contributed by atoms with E-state index in [9.17, 15) is 19.8 Å². The molecule has 1 heterocycles. The highest BCUT2D eigenvalue weighted by molar-refractivity contribution is 5.89. The van der Waals surface area contributed by atoms with E-state index in [1.165, 1.54) is 25.7 Å². The van der Waals surface area contributed by atoms with Gasteiger partial charge in [-0.3, -0.25) is 0 Å². The SMILES string of the molecule is CCCCN(CCCC)CCCC1(CCCN(CCCC)CCCC)c2cc(C(=O)O)ccc2Oc2ccc(C(=O)O)cc21. The maximum absolute atomic E-state index is 12.2. The summed E-state index contributed by atoms with van der Waals surface area (Å²) in [5.41, 5.74) is 1.65. The van der Waals surface area contributed by atoms with Crippen LogP contribution < -0.4 is 4.74 Å². The number of rotatable bonds is 22. The van der Waals surface area contributed by atoms with Crippen molar-refractivity contribution in [2.45, 2.75) is 110 Å². The Morgan fingerprint density at radius 2 is 0.932 bits per heavy atom. The summed E-state index contributed by atoms with van der Waals surface area (Å²) >= 11 is 0. The van der Waals surface area contributed by atoms with Gasteiger partial charge in [0.25, 0.3) is 0 Å². The van der Waals surface area contributed by atoms with Gasteiger partial charge < -0.3 is 24.7 Å². The fraction of sp³-hybridized carbons (Fsp3) is 0.622. The van der Waals surface area contributed by atoms with Crippen LogP contribution in [0.1, 0.15) is 137 Å². The van der Waals surface area contributed by atoms with Crippen LogP contribution >= 0.6 is 0 Å². The van der Waals surface area contributed by atoms with Crippen molar-refractivity contribution in [3.63, 3.8) is 0 Å². The molecule has 0 fully saturated rings. The van der Waals surface area contributed by atoms with Crippen LogP contribution in [0.2, 0.25) is 0 Å². The lowest BCUT2D eigenvalue weighted by Crippen LogP contribution is -2.36. The molecule has 2 N–H and O–H groups in total. The number of ether oxygens (including phenoxy) is 1. The summed E-state index contributed by atoms with van der Waals surface area (Å²) in [5.74, 6) is -0.591. The Hall–Kier alpha value is -2.90. The molecule has 0 saturated carbocycles. The van der Waals surface area contributed by atoms with E-state index in [0.717, 1.165) is 102 Å². The lowest BCUT2D eigenvalue weighted by Gasteiger charge is -2.42. The van der Waals surface area contributed by atoms with Gasteiger partial charge in [0.1, 0.15) is 11.5 Å². The first-order valence-corrected chi connectivity index (χ1v) is 17.2. The Labute approximate surface area is 265 Å². The lowest BCUT2D eigenvalue weighted by molar-refractivity contribution is 0.0686. The quantitative estimate of drug-likeness (QED) is 0.138. The van der Waals surface area contributed by atoms with Gasteiger partial charge in [-0.15, -0.1) is 0 Å². The van der Waals surface area contributed by atoms with E-state index in [-0.39, 0.29) is 11.1 Å². The van der Waals surface area contributed by atoms with E-state index in [1.54, 1.807) is 36.4 Å². The zero-order valence-corrected chi connectivity index (χ0v) is 27.7. The molecule has 2 aromatic rings. The van der Waals surface area contributed by atoms with Crippen LogP contribution in [0.3, 0.4) is 0 Å². The minimum absolute atomic E-state index is 0.231. The minimum Gasteiger partial charge on any atom is -0.478 e. The third-order valence-electron chi connectivity index (χ3n) is 9.17. The number of unbranched alkanes of at least 4 members (excludes halogenated alkanes) is 4. The molecule has 7 heteroatoms. The van der Waals surface area contributed by atoms with Crippen LogP contribution in [-0.4, -0.2) is 71.2 Å². The predicted octanol–water partition coefficient (Wildman–Crippen LogP) is 8.84. The van der Waals surface area contributed by atoms with Crippen molar-refractivity contribution in [2.75, 3.05) is 39.3 Å². The maximum atomic E-state index is 12.2. The second-order valence-corrected chi connectivity index (χ2v) is 12.5. The van der Waals surface area contributed by atoms with E-state index in [0.29, 0.717) is 11.5 Å². The molecular weight excluding hydrogens is 552 g/mol. The molecule has 7 nitrogen and oxygen atoms in total. The molecule has 0 aliphatic carbocycles. The molecule has 1 aliphatic heterocycles. The van der Waals surface area contributed by atoms with Crippen molar-refractivity contribution >= 4 is 11.9 Å². The van der Waals surface area contributed by atoms with E-state index < -0.39 is 17.4 Å². The van der Waals surface area contributed by atoms with Gasteiger partial charge in [-0.1, -0.05) is 53.4 Å². The van der Waals surface area contributed by atoms with Gasteiger partial charge in [-0.05, 0) is 127 Å². The number of carbonyl (C=O) groups is 2. The van der Waals surface area contributed by atoms with E-state index in [2.05, 4.69) is 37.5 Å². The Balaban J connectivity index is 2.06. The van der Waals surface area contributed by atoms with Crippen LogP contribution in [0.4, 0.5) is 0 Å². The molecule has 0 amide bonds. The standard InChI is InChI=1S/C37H56N2O5/c1-5-9-21-38(22-10-6-2)25-13-19-37(20-14-26-39(23-11-7-3)24-12-8-4)31-27-29(35(40)41)15-17-33(31)44-34-18-16-30(36(42)43)28-32(34)37/h15-18,27-28H,5-14,19-26H2,1-4H3,(H,40,41)(H,42,43). The van der Waals surface area contributed by atoms with Crippen LogP contribution in [0, 0.1) is 0 Å². The number of hydrogen-bond donors (Lipinski definition) is 2. The Bertz CT molecular complexity index is 1090. The van der Waals surface area contributed by atoms with Crippen LogP contribution in [-0.2, 0) is 5.41 Å². The molecular formula is C37H56N2O5. The van der Waals surface area contributed by atoms with Crippen LogP contribution in [0.15, 0.2) is 36.4 Å². The highest BCUT2D eigenvalue weighted by Crippen LogP contribution is 2.53. The largest absolute Gasteiger partial charge is 0.478 e. The summed E-state index contributed by atoms with van der Waals surface area (Å²) in [6.07, 6.45) is 12.8. The molecule has 0 spiro atoms. The molecule has 0 atom stereocenters. The molecule has 0 bridgehead atoms. The van der Waals surface area contributed by atoms with Crippen LogP contribution in [0.25, 0.3) is 0 Å². The van der Waals surface area contributed by atoms with Crippen molar-refractivity contribution < 1.29 is 24.5 Å². The van der Waals surface area contributed by atoms with Crippen molar-refractivity contribution in [1.82, 2.24) is 9.80 Å². The molecule has 244 valence electrons. The zero-order valence-electron chi connectivity index (χ0n) is 27.7. The normalized spacial score (nSPS) is 13.5. The smallest absolute Gasteiger partial charge is 0.335 e. The molecule has 0 unspecified atom stereocenters. The summed E-state index contributed by atoms with van der Waals surface area (Å²) in [6.45, 7) is 15.2. The highest BCUT2D eigenvalue weighted by Gasteiger charge is 2.42. The summed E-state index contributed by atoms with van der Waals surface area (Å²) in [5, 5.41) is 19.9. The number of carboxylic acids is 2. The van der Waals surface area contributed by atoms with Gasteiger partial charge in [-0.2, -0.15) is 0 Å². The first kappa shape index (κ1) is 35.6. The molecule has 0 radical (unpaired) electrons. The Morgan fingerprint density at radius 1 is 0.591 bits per heavy atom. The summed E-state index contributed by atoms with van der Waals surface area (Å²) in [7, 11) is 0. The lowest BCUT2D eigenvalue weighted by atomic mass is 9.66. The topological polar surface area (TPSA) is 90.3 Å². The summed E-state index contributed by atoms with van der Waals surface area (Å²) < 4.78 is 6.36. The fourth-order valence-electron chi connectivity index (χ4n) is 6.59. The van der Waals surface area contributed by atoms with Crippen LogP contribution in [0.5, 0.6) is 11.5 Å². The molecule has 0 saturated heterocycles. The number of hydrogen-bond acceptors (Lipinski definition) is 5. The zero-order chi connectivity index (χ0) is 32.0. The van der Waals surface area contributed by atoms with Gasteiger partial charge in [0.15, 0.2) is 0 Å². The molecule has 2 aromatic carbocycles. The molecule has 3 rings (SSSR count). The van der Waals surface area contributed by atoms with Gasteiger partial charge >= 0.3 is 11.9 Å². The predicted molar refractivity (Wildman–Crippen MR) is 179 cm³/mol. The van der Waals surface area contributed by atoms with Crippen molar-refractivity contribution in [1.29, 1.82) is 0 Å². The summed E-state index contributed by atoms with van der Waals surface area (Å²) in [4.78, 5) is 29.5. The van der Waals surface area contributed by atoms with Gasteiger partial charge in [0.2, 0.25) is 0 Å². The fourth-order valence-corrected chi connectivity index (χ4v) is 6.59. The number of benzene rings is 2. The monoisotopic (exact) mass is 608 g/mol.